The summed E-state index contributed by atoms with van der Waals surface area (Å²) in [6.07, 6.45) is 0.251. The summed E-state index contributed by atoms with van der Waals surface area (Å²) >= 11 is 0. The van der Waals surface area contributed by atoms with Crippen LogP contribution in [-0.4, -0.2) is 33.8 Å². The van der Waals surface area contributed by atoms with Gasteiger partial charge in [-0.25, -0.2) is 23.2 Å². The Kier molecular flexibility index (Phi) is 3.84. The number of esters is 1. The Bertz CT molecular complexity index is 570. The van der Waals surface area contributed by atoms with Crippen LogP contribution in [0.25, 0.3) is 5.69 Å². The summed E-state index contributed by atoms with van der Waals surface area (Å²) in [5.74, 6) is -0.770. The van der Waals surface area contributed by atoms with Crippen molar-refractivity contribution in [3.05, 3.63) is 42.0 Å². The summed E-state index contributed by atoms with van der Waals surface area (Å²) < 4.78 is 29.9. The van der Waals surface area contributed by atoms with Gasteiger partial charge in [0, 0.05) is 0 Å². The lowest BCUT2D eigenvalue weighted by Gasteiger charge is -2.08. The number of rotatable bonds is 4. The van der Waals surface area contributed by atoms with Gasteiger partial charge in [-0.05, 0) is 30.7 Å². The fourth-order valence-corrected chi connectivity index (χ4v) is 1.59. The number of halogens is 2. The normalized spacial score (nSPS) is 10.7. The van der Waals surface area contributed by atoms with E-state index >= 15 is 0 Å². The van der Waals surface area contributed by atoms with Crippen LogP contribution < -0.4 is 0 Å². The second-order valence-electron chi connectivity index (χ2n) is 3.83. The van der Waals surface area contributed by atoms with Crippen molar-refractivity contribution >= 4 is 5.97 Å². The van der Waals surface area contributed by atoms with Gasteiger partial charge in [-0.1, -0.05) is 0 Å². The zero-order chi connectivity index (χ0) is 13.8. The lowest BCUT2D eigenvalue weighted by atomic mass is 10.1. The second-order valence-corrected chi connectivity index (χ2v) is 3.83. The third kappa shape index (κ3) is 3.12. The summed E-state index contributed by atoms with van der Waals surface area (Å²) in [5.41, 5.74) is 1.74. The quantitative estimate of drug-likeness (QED) is 0.795. The minimum absolute atomic E-state index is 0.224. The van der Waals surface area contributed by atoms with Crippen molar-refractivity contribution in [2.45, 2.75) is 13.3 Å². The smallest absolute Gasteiger partial charge is 0.338 e. The van der Waals surface area contributed by atoms with Gasteiger partial charge in [-0.3, -0.25) is 0 Å². The van der Waals surface area contributed by atoms with E-state index in [2.05, 4.69) is 14.8 Å². The number of carbonyl (C=O) groups is 1. The first-order valence-corrected chi connectivity index (χ1v) is 5.49. The lowest BCUT2D eigenvalue weighted by Crippen LogP contribution is -2.12. The van der Waals surface area contributed by atoms with E-state index in [1.54, 1.807) is 23.7 Å². The van der Waals surface area contributed by atoms with Crippen LogP contribution in [0, 0.1) is 6.92 Å². The van der Waals surface area contributed by atoms with E-state index in [1.807, 2.05) is 0 Å². The van der Waals surface area contributed by atoms with E-state index < -0.39 is 19.0 Å². The Hall–Kier alpha value is -2.31. The summed E-state index contributed by atoms with van der Waals surface area (Å²) in [4.78, 5) is 15.3. The van der Waals surface area contributed by atoms with Crippen LogP contribution in [0.15, 0.2) is 30.9 Å². The van der Waals surface area contributed by atoms with Crippen LogP contribution in [0.2, 0.25) is 0 Å². The minimum atomic E-state index is -2.67. The molecule has 5 nitrogen and oxygen atoms in total. The van der Waals surface area contributed by atoms with Crippen molar-refractivity contribution in [3.8, 4) is 5.69 Å². The molecule has 0 aliphatic carbocycles. The molecule has 7 heteroatoms. The highest BCUT2D eigenvalue weighted by molar-refractivity contribution is 5.90. The molecule has 1 aromatic heterocycles. The molecule has 0 amide bonds. The topological polar surface area (TPSA) is 57.0 Å². The van der Waals surface area contributed by atoms with Crippen LogP contribution in [0.1, 0.15) is 15.9 Å². The Balaban J connectivity index is 2.17. The maximum atomic E-state index is 11.9. The molecular weight excluding hydrogens is 256 g/mol. The van der Waals surface area contributed by atoms with E-state index in [0.29, 0.717) is 0 Å². The van der Waals surface area contributed by atoms with Gasteiger partial charge in [0.25, 0.3) is 6.43 Å². The van der Waals surface area contributed by atoms with Crippen molar-refractivity contribution in [2.24, 2.45) is 0 Å². The van der Waals surface area contributed by atoms with Crippen molar-refractivity contribution in [3.63, 3.8) is 0 Å². The Morgan fingerprint density at radius 1 is 1.47 bits per heavy atom. The Morgan fingerprint density at radius 3 is 2.84 bits per heavy atom. The minimum Gasteiger partial charge on any atom is -0.456 e. The van der Waals surface area contributed by atoms with Gasteiger partial charge in [0.05, 0.1) is 11.3 Å². The molecule has 0 unspecified atom stereocenters. The zero-order valence-corrected chi connectivity index (χ0v) is 10.1. The molecule has 1 aromatic carbocycles. The highest BCUT2D eigenvalue weighted by Crippen LogP contribution is 2.15. The lowest BCUT2D eigenvalue weighted by molar-refractivity contribution is 0.0160. The molecule has 0 aliphatic rings. The van der Waals surface area contributed by atoms with Crippen LogP contribution >= 0.6 is 0 Å². The van der Waals surface area contributed by atoms with E-state index in [9.17, 15) is 13.6 Å². The van der Waals surface area contributed by atoms with E-state index in [1.165, 1.54) is 18.7 Å². The summed E-state index contributed by atoms with van der Waals surface area (Å²) in [6.45, 7) is 0.879. The standard InChI is InChI=1S/C12H11F2N3O2/c1-8-4-9(12(18)19-5-11(13)14)2-3-10(8)17-7-15-6-16-17/h2-4,6-7,11H,5H2,1H3. The molecule has 0 atom stereocenters. The number of benzene rings is 1. The largest absolute Gasteiger partial charge is 0.456 e. The molecule has 2 rings (SSSR count). The molecular formula is C12H11F2N3O2. The maximum absolute atomic E-state index is 11.9. The van der Waals surface area contributed by atoms with Gasteiger partial charge in [-0.2, -0.15) is 5.10 Å². The van der Waals surface area contributed by atoms with Crippen molar-refractivity contribution < 1.29 is 18.3 Å². The average Bonchev–Trinajstić information content (AvgIpc) is 2.89. The van der Waals surface area contributed by atoms with E-state index in [4.69, 9.17) is 0 Å². The number of hydrogen-bond acceptors (Lipinski definition) is 4. The predicted molar refractivity (Wildman–Crippen MR) is 62.4 cm³/mol. The summed E-state index contributed by atoms with van der Waals surface area (Å²) in [5, 5.41) is 3.97. The second kappa shape index (κ2) is 5.55. The molecule has 1 heterocycles. The summed E-state index contributed by atoms with van der Waals surface area (Å²) in [7, 11) is 0. The first-order valence-electron chi connectivity index (χ1n) is 5.49. The van der Waals surface area contributed by atoms with Gasteiger partial charge in [0.2, 0.25) is 0 Å². The number of hydrogen-bond donors (Lipinski definition) is 0. The molecule has 0 N–H and O–H groups in total. The monoisotopic (exact) mass is 267 g/mol. The predicted octanol–water partition coefficient (Wildman–Crippen LogP) is 2.00. The van der Waals surface area contributed by atoms with E-state index in [-0.39, 0.29) is 5.56 Å². The van der Waals surface area contributed by atoms with Crippen molar-refractivity contribution in [1.29, 1.82) is 0 Å². The van der Waals surface area contributed by atoms with Gasteiger partial charge in [-0.15, -0.1) is 0 Å². The molecule has 0 saturated heterocycles. The first kappa shape index (κ1) is 13.1. The number of nitrogens with zero attached hydrogens (tertiary/aromatic N) is 3. The zero-order valence-electron chi connectivity index (χ0n) is 10.1. The van der Waals surface area contributed by atoms with Crippen molar-refractivity contribution in [1.82, 2.24) is 14.8 Å². The number of alkyl halides is 2. The molecule has 100 valence electrons. The molecule has 0 spiro atoms. The van der Waals surface area contributed by atoms with E-state index in [0.717, 1.165) is 11.3 Å². The average molecular weight is 267 g/mol. The molecule has 0 aliphatic heterocycles. The van der Waals surface area contributed by atoms with Gasteiger partial charge in [0.15, 0.2) is 6.61 Å². The number of aryl methyl sites for hydroxylation is 1. The molecule has 0 fully saturated rings. The Morgan fingerprint density at radius 2 is 2.26 bits per heavy atom. The third-order valence-electron chi connectivity index (χ3n) is 2.44. The fourth-order valence-electron chi connectivity index (χ4n) is 1.59. The molecule has 0 bridgehead atoms. The van der Waals surface area contributed by atoms with Crippen LogP contribution in [-0.2, 0) is 4.74 Å². The fraction of sp³-hybridized carbons (Fsp3) is 0.250. The number of carbonyl (C=O) groups excluding carboxylic acids is 1. The Labute approximate surface area is 107 Å². The maximum Gasteiger partial charge on any atom is 0.338 e. The van der Waals surface area contributed by atoms with Crippen LogP contribution in [0.3, 0.4) is 0 Å². The number of aromatic nitrogens is 3. The highest BCUT2D eigenvalue weighted by Gasteiger charge is 2.12. The van der Waals surface area contributed by atoms with Crippen LogP contribution in [0.4, 0.5) is 8.78 Å². The third-order valence-corrected chi connectivity index (χ3v) is 2.44. The van der Waals surface area contributed by atoms with Crippen molar-refractivity contribution in [2.75, 3.05) is 6.61 Å². The molecule has 0 saturated carbocycles. The highest BCUT2D eigenvalue weighted by atomic mass is 19.3. The van der Waals surface area contributed by atoms with Crippen LogP contribution in [0.5, 0.6) is 0 Å². The molecule has 0 radical (unpaired) electrons. The first-order chi connectivity index (χ1) is 9.08. The molecule has 19 heavy (non-hydrogen) atoms. The van der Waals surface area contributed by atoms with Gasteiger partial charge >= 0.3 is 5.97 Å². The molecule has 2 aromatic rings. The summed E-state index contributed by atoms with van der Waals surface area (Å²) in [6, 6.07) is 4.71. The van der Waals surface area contributed by atoms with Gasteiger partial charge < -0.3 is 4.74 Å². The SMILES string of the molecule is Cc1cc(C(=O)OCC(F)F)ccc1-n1cncn1. The van der Waals surface area contributed by atoms with Gasteiger partial charge in [0.1, 0.15) is 12.7 Å². The number of ether oxygens (including phenoxy) is 1.